The molecule has 0 bridgehead atoms. The van der Waals surface area contributed by atoms with E-state index >= 15 is 0 Å². The maximum absolute atomic E-state index is 5.50. The van der Waals surface area contributed by atoms with Crippen molar-refractivity contribution in [2.75, 3.05) is 0 Å². The average Bonchev–Trinajstić information content (AvgIpc) is 3.53. The van der Waals surface area contributed by atoms with Gasteiger partial charge in [0.1, 0.15) is 0 Å². The van der Waals surface area contributed by atoms with E-state index in [1.807, 2.05) is 32.0 Å². The molecule has 31 heavy (non-hydrogen) atoms. The van der Waals surface area contributed by atoms with E-state index < -0.39 is 0 Å². The molecule has 0 aromatic heterocycles. The van der Waals surface area contributed by atoms with E-state index in [2.05, 4.69) is 107 Å². The number of allylic oxidation sites excluding steroid dienone is 5. The van der Waals surface area contributed by atoms with Crippen molar-refractivity contribution in [3.05, 3.63) is 114 Å². The van der Waals surface area contributed by atoms with Crippen molar-refractivity contribution in [2.45, 2.75) is 41.0 Å². The van der Waals surface area contributed by atoms with Gasteiger partial charge in [0.15, 0.2) is 0 Å². The fraction of sp³-hybridized carbons (Fsp3) is 0.233. The molecule has 1 N–H and O–H groups in total. The van der Waals surface area contributed by atoms with E-state index in [-0.39, 0.29) is 5.41 Å². The molecule has 3 aromatic rings. The number of aryl methyl sites for hydroxylation is 1. The Balaban J connectivity index is 0.000000366. The summed E-state index contributed by atoms with van der Waals surface area (Å²) >= 11 is 0. The molecular formula is C30H37N. The summed E-state index contributed by atoms with van der Waals surface area (Å²) in [6.07, 6.45) is 7.73. The molecule has 1 heteroatoms. The van der Waals surface area contributed by atoms with E-state index in [1.54, 1.807) is 0 Å². The second-order valence-electron chi connectivity index (χ2n) is 7.28. The fourth-order valence-corrected chi connectivity index (χ4v) is 3.30. The topological polar surface area (TPSA) is 23.9 Å². The summed E-state index contributed by atoms with van der Waals surface area (Å²) in [5.74, 6) is 0. The molecule has 0 fully saturated rings. The van der Waals surface area contributed by atoms with E-state index in [0.717, 1.165) is 6.42 Å². The molecule has 0 saturated heterocycles. The number of nitrogens with one attached hydrogen (secondary N) is 1. The van der Waals surface area contributed by atoms with Crippen molar-refractivity contribution in [3.63, 3.8) is 0 Å². The van der Waals surface area contributed by atoms with Crippen LogP contribution in [0.15, 0.2) is 103 Å². The largest absolute Gasteiger partial charge is 0.317 e. The lowest BCUT2D eigenvalue weighted by Gasteiger charge is -2.14. The Kier molecular flexibility index (Phi) is 11.0. The molecular weight excluding hydrogens is 374 g/mol. The SMILES string of the molecule is C=C(/C=C\CC)C1(C)C=C1c1cccc2ccccc12.C=N.CC.Cc1ccccc1. The summed E-state index contributed by atoms with van der Waals surface area (Å²) in [6, 6.07) is 25.4. The lowest BCUT2D eigenvalue weighted by molar-refractivity contribution is 0.809. The first-order valence-electron chi connectivity index (χ1n) is 11.0. The van der Waals surface area contributed by atoms with E-state index in [1.165, 1.54) is 33.0 Å². The van der Waals surface area contributed by atoms with Gasteiger partial charge in [-0.2, -0.15) is 0 Å². The Morgan fingerprint density at radius 3 is 2.06 bits per heavy atom. The van der Waals surface area contributed by atoms with Gasteiger partial charge in [0.05, 0.1) is 0 Å². The van der Waals surface area contributed by atoms with Crippen LogP contribution in [0.1, 0.15) is 45.2 Å². The molecule has 1 nitrogen and oxygen atoms in total. The molecule has 1 unspecified atom stereocenters. The molecule has 0 saturated carbocycles. The highest BCUT2D eigenvalue weighted by atomic mass is 14.4. The molecule has 1 aliphatic rings. The third-order valence-electron chi connectivity index (χ3n) is 5.15. The van der Waals surface area contributed by atoms with E-state index in [9.17, 15) is 0 Å². The standard InChI is InChI=1S/C20H20.C7H8.C2H6.CH3N/c1-4-5-9-15(2)20(3)14-19(20)18-13-8-11-16-10-6-7-12-17(16)18;1-7-5-3-2-4-6-7;2*1-2/h5-14H,2,4H2,1,3H3;2-6H,1H3;1-2H3;2H,1H2/b9-5-;;;. The summed E-state index contributed by atoms with van der Waals surface area (Å²) in [7, 11) is 0. The molecule has 0 heterocycles. The Hall–Kier alpha value is -3.19. The van der Waals surface area contributed by atoms with Crippen LogP contribution in [0, 0.1) is 17.7 Å². The third-order valence-corrected chi connectivity index (χ3v) is 5.15. The predicted octanol–water partition coefficient (Wildman–Crippen LogP) is 9.05. The highest BCUT2D eigenvalue weighted by Crippen LogP contribution is 2.56. The summed E-state index contributed by atoms with van der Waals surface area (Å²) in [5.41, 5.74) is 5.29. The van der Waals surface area contributed by atoms with Gasteiger partial charge in [0.2, 0.25) is 0 Å². The Bertz CT molecular complexity index is 1010. The zero-order chi connectivity index (χ0) is 23.3. The first-order valence-corrected chi connectivity index (χ1v) is 11.0. The lowest BCUT2D eigenvalue weighted by atomic mass is 9.89. The van der Waals surface area contributed by atoms with E-state index in [0.29, 0.717) is 0 Å². The minimum atomic E-state index is 0.0375. The van der Waals surface area contributed by atoms with Gasteiger partial charge < -0.3 is 5.41 Å². The highest BCUT2D eigenvalue weighted by molar-refractivity contribution is 6.01. The quantitative estimate of drug-likeness (QED) is 0.327. The number of hydrogen-bond acceptors (Lipinski definition) is 1. The maximum atomic E-state index is 5.50. The van der Waals surface area contributed by atoms with Gasteiger partial charge in [0.25, 0.3) is 0 Å². The fourth-order valence-electron chi connectivity index (χ4n) is 3.30. The Morgan fingerprint density at radius 1 is 0.903 bits per heavy atom. The monoisotopic (exact) mass is 411 g/mol. The van der Waals surface area contributed by atoms with Crippen LogP contribution in [0.5, 0.6) is 0 Å². The molecule has 1 aliphatic carbocycles. The van der Waals surface area contributed by atoms with Crippen molar-refractivity contribution in [1.82, 2.24) is 0 Å². The Labute approximate surface area is 189 Å². The molecule has 4 rings (SSSR count). The molecule has 0 spiro atoms. The Morgan fingerprint density at radius 2 is 1.48 bits per heavy atom. The second-order valence-corrected chi connectivity index (χ2v) is 7.28. The first-order chi connectivity index (χ1) is 15.1. The van der Waals surface area contributed by atoms with Crippen molar-refractivity contribution in [2.24, 2.45) is 5.41 Å². The van der Waals surface area contributed by atoms with E-state index in [4.69, 9.17) is 5.41 Å². The van der Waals surface area contributed by atoms with Crippen molar-refractivity contribution in [3.8, 4) is 0 Å². The summed E-state index contributed by atoms with van der Waals surface area (Å²) in [6.45, 7) is 17.2. The van der Waals surface area contributed by atoms with Crippen LogP contribution in [0.2, 0.25) is 0 Å². The van der Waals surface area contributed by atoms with Crippen molar-refractivity contribution in [1.29, 1.82) is 5.41 Å². The van der Waals surface area contributed by atoms with Crippen LogP contribution < -0.4 is 0 Å². The average molecular weight is 412 g/mol. The second kappa shape index (κ2) is 13.2. The van der Waals surface area contributed by atoms with Gasteiger partial charge in [-0.1, -0.05) is 124 Å². The normalized spacial score (nSPS) is 16.0. The molecule has 1 atom stereocenters. The van der Waals surface area contributed by atoms with Crippen LogP contribution in [-0.2, 0) is 0 Å². The van der Waals surface area contributed by atoms with Gasteiger partial charge >= 0.3 is 0 Å². The maximum Gasteiger partial charge on any atom is 0.0357 e. The minimum Gasteiger partial charge on any atom is -0.317 e. The number of rotatable bonds is 4. The third kappa shape index (κ3) is 6.93. The summed E-state index contributed by atoms with van der Waals surface area (Å²) < 4.78 is 0. The molecule has 0 aliphatic heterocycles. The zero-order valence-electron chi connectivity index (χ0n) is 19.8. The molecule has 0 radical (unpaired) electrons. The van der Waals surface area contributed by atoms with Gasteiger partial charge in [-0.15, -0.1) is 0 Å². The number of benzene rings is 3. The van der Waals surface area contributed by atoms with Gasteiger partial charge in [-0.05, 0) is 54.5 Å². The molecule has 0 amide bonds. The zero-order valence-corrected chi connectivity index (χ0v) is 19.8. The van der Waals surface area contributed by atoms with Gasteiger partial charge in [0, 0.05) is 5.41 Å². The summed E-state index contributed by atoms with van der Waals surface area (Å²) in [5, 5.41) is 8.13. The van der Waals surface area contributed by atoms with Gasteiger partial charge in [-0.3, -0.25) is 0 Å². The van der Waals surface area contributed by atoms with Crippen LogP contribution in [0.3, 0.4) is 0 Å². The van der Waals surface area contributed by atoms with Gasteiger partial charge in [-0.25, -0.2) is 0 Å². The minimum absolute atomic E-state index is 0.0375. The number of fused-ring (bicyclic) bond motifs is 1. The molecule has 3 aromatic carbocycles. The smallest absolute Gasteiger partial charge is 0.0357 e. The van der Waals surface area contributed by atoms with Crippen molar-refractivity contribution < 1.29 is 0 Å². The van der Waals surface area contributed by atoms with Crippen LogP contribution in [0.25, 0.3) is 16.3 Å². The lowest BCUT2D eigenvalue weighted by Crippen LogP contribution is -2.01. The predicted molar refractivity (Wildman–Crippen MR) is 141 cm³/mol. The molecule has 162 valence electrons. The summed E-state index contributed by atoms with van der Waals surface area (Å²) in [4.78, 5) is 0. The first kappa shape index (κ1) is 25.8. The van der Waals surface area contributed by atoms with Crippen LogP contribution in [-0.4, -0.2) is 6.72 Å². The number of hydrogen-bond donors (Lipinski definition) is 1. The van der Waals surface area contributed by atoms with Crippen molar-refractivity contribution >= 4 is 23.1 Å². The highest BCUT2D eigenvalue weighted by Gasteiger charge is 2.41. The van der Waals surface area contributed by atoms with Crippen LogP contribution in [0.4, 0.5) is 0 Å². The van der Waals surface area contributed by atoms with Crippen LogP contribution >= 0.6 is 0 Å².